The first-order chi connectivity index (χ1) is 23.8. The van der Waals surface area contributed by atoms with E-state index in [4.69, 9.17) is 0 Å². The summed E-state index contributed by atoms with van der Waals surface area (Å²) in [6, 6.07) is 38.2. The lowest BCUT2D eigenvalue weighted by molar-refractivity contribution is -0.114. The first-order valence-corrected chi connectivity index (χ1v) is 17.6. The predicted octanol–water partition coefficient (Wildman–Crippen LogP) is 9.23. The lowest BCUT2D eigenvalue weighted by atomic mass is 10.0. The van der Waals surface area contributed by atoms with Crippen molar-refractivity contribution in [3.8, 4) is 11.3 Å². The average Bonchev–Trinajstić information content (AvgIpc) is 3.59. The number of thioether (sulfide) groups is 1. The highest BCUT2D eigenvalue weighted by Crippen LogP contribution is 2.28. The number of thiazole rings is 1. The molecule has 7 nitrogen and oxygen atoms in total. The minimum Gasteiger partial charge on any atom is -0.321 e. The fourth-order valence-electron chi connectivity index (χ4n) is 5.06. The number of carbonyl (C=O) groups excluding carboxylic acids is 3. The standard InChI is InChI=1S/C40H34N4O3S2/c1-26(2)28-17-15-27(16-18-28)21-35(42-38(46)30-10-4-3-5-11-30)39(47)41-33-13-8-14-34(23-33)48-25-37(45)44-40-43-36(24-49-40)32-20-19-29-9-6-7-12-31(29)22-32/h3-24,26H,25H2,1-2H3,(H,41,47)(H,42,46)(H,43,44,45)/b35-21+. The zero-order valence-corrected chi connectivity index (χ0v) is 28.6. The minimum atomic E-state index is -0.469. The van der Waals surface area contributed by atoms with Crippen LogP contribution in [0.15, 0.2) is 137 Å². The van der Waals surface area contributed by atoms with Gasteiger partial charge in [0.05, 0.1) is 11.4 Å². The molecule has 1 heterocycles. The third-order valence-electron chi connectivity index (χ3n) is 7.70. The number of anilines is 2. The molecule has 1 aromatic heterocycles. The Bertz CT molecular complexity index is 2140. The van der Waals surface area contributed by atoms with Gasteiger partial charge >= 0.3 is 0 Å². The molecule has 0 unspecified atom stereocenters. The molecule has 0 saturated heterocycles. The van der Waals surface area contributed by atoms with Crippen LogP contribution in [0.2, 0.25) is 0 Å². The van der Waals surface area contributed by atoms with Gasteiger partial charge in [0.2, 0.25) is 5.91 Å². The van der Waals surface area contributed by atoms with E-state index >= 15 is 0 Å². The molecule has 6 rings (SSSR count). The van der Waals surface area contributed by atoms with Crippen LogP contribution in [0.4, 0.5) is 10.8 Å². The Morgan fingerprint density at radius 1 is 0.796 bits per heavy atom. The number of carbonyl (C=O) groups is 3. The van der Waals surface area contributed by atoms with Gasteiger partial charge in [-0.15, -0.1) is 23.1 Å². The summed E-state index contributed by atoms with van der Waals surface area (Å²) in [5, 5.41) is 13.3. The molecule has 5 aromatic carbocycles. The van der Waals surface area contributed by atoms with Gasteiger partial charge in [0, 0.05) is 27.1 Å². The Morgan fingerprint density at radius 3 is 2.33 bits per heavy atom. The van der Waals surface area contributed by atoms with Crippen LogP contribution in [0.3, 0.4) is 0 Å². The maximum absolute atomic E-state index is 13.5. The second kappa shape index (κ2) is 15.6. The van der Waals surface area contributed by atoms with Crippen LogP contribution < -0.4 is 16.0 Å². The summed E-state index contributed by atoms with van der Waals surface area (Å²) in [4.78, 5) is 44.8. The van der Waals surface area contributed by atoms with Crippen LogP contribution in [0.25, 0.3) is 28.1 Å². The van der Waals surface area contributed by atoms with Gasteiger partial charge in [-0.3, -0.25) is 14.4 Å². The van der Waals surface area contributed by atoms with Crippen molar-refractivity contribution >= 4 is 68.5 Å². The van der Waals surface area contributed by atoms with Gasteiger partial charge in [-0.1, -0.05) is 98.8 Å². The van der Waals surface area contributed by atoms with Crippen LogP contribution in [-0.4, -0.2) is 28.5 Å². The van der Waals surface area contributed by atoms with Crippen LogP contribution in [0, 0.1) is 0 Å². The predicted molar refractivity (Wildman–Crippen MR) is 202 cm³/mol. The van der Waals surface area contributed by atoms with E-state index in [-0.39, 0.29) is 23.3 Å². The number of nitrogens with zero attached hydrogens (tertiary/aromatic N) is 1. The van der Waals surface area contributed by atoms with Gasteiger partial charge < -0.3 is 16.0 Å². The topological polar surface area (TPSA) is 100 Å². The summed E-state index contributed by atoms with van der Waals surface area (Å²) in [7, 11) is 0. The highest BCUT2D eigenvalue weighted by Gasteiger charge is 2.16. The molecule has 0 radical (unpaired) electrons. The third-order valence-corrected chi connectivity index (χ3v) is 9.45. The fraction of sp³-hybridized carbons (Fsp3) is 0.100. The molecule has 0 aliphatic rings. The Kier molecular flexibility index (Phi) is 10.6. The van der Waals surface area contributed by atoms with Gasteiger partial charge in [-0.25, -0.2) is 4.98 Å². The molecule has 9 heteroatoms. The van der Waals surface area contributed by atoms with E-state index < -0.39 is 5.91 Å². The summed E-state index contributed by atoms with van der Waals surface area (Å²) < 4.78 is 0. The van der Waals surface area contributed by atoms with Crippen molar-refractivity contribution in [2.45, 2.75) is 24.7 Å². The van der Waals surface area contributed by atoms with E-state index in [0.29, 0.717) is 22.3 Å². The van der Waals surface area contributed by atoms with Crippen molar-refractivity contribution in [3.63, 3.8) is 0 Å². The molecule has 0 aliphatic heterocycles. The van der Waals surface area contributed by atoms with Crippen LogP contribution in [0.1, 0.15) is 41.3 Å². The van der Waals surface area contributed by atoms with Crippen molar-refractivity contribution in [1.29, 1.82) is 0 Å². The molecule has 244 valence electrons. The van der Waals surface area contributed by atoms with Crippen LogP contribution in [0.5, 0.6) is 0 Å². The molecule has 0 saturated carbocycles. The number of hydrogen-bond acceptors (Lipinski definition) is 6. The summed E-state index contributed by atoms with van der Waals surface area (Å²) in [6.07, 6.45) is 1.66. The Labute approximate surface area is 293 Å². The Morgan fingerprint density at radius 2 is 1.55 bits per heavy atom. The molecule has 0 spiro atoms. The fourth-order valence-corrected chi connectivity index (χ4v) is 6.56. The van der Waals surface area contributed by atoms with E-state index in [0.717, 1.165) is 32.5 Å². The molecular weight excluding hydrogens is 649 g/mol. The number of aromatic nitrogens is 1. The summed E-state index contributed by atoms with van der Waals surface area (Å²) in [6.45, 7) is 4.23. The van der Waals surface area contributed by atoms with E-state index in [9.17, 15) is 14.4 Å². The average molecular weight is 683 g/mol. The maximum Gasteiger partial charge on any atom is 0.272 e. The largest absolute Gasteiger partial charge is 0.321 e. The normalized spacial score (nSPS) is 11.4. The zero-order chi connectivity index (χ0) is 34.2. The number of amides is 3. The number of benzene rings is 5. The monoisotopic (exact) mass is 682 g/mol. The molecule has 3 amide bonds. The quantitative estimate of drug-likeness (QED) is 0.0935. The highest BCUT2D eigenvalue weighted by molar-refractivity contribution is 8.00. The first kappa shape index (κ1) is 33.4. The van der Waals surface area contributed by atoms with Gasteiger partial charge in [0.1, 0.15) is 5.70 Å². The highest BCUT2D eigenvalue weighted by atomic mass is 32.2. The zero-order valence-electron chi connectivity index (χ0n) is 27.0. The first-order valence-electron chi connectivity index (χ1n) is 15.8. The van der Waals surface area contributed by atoms with Gasteiger partial charge in [0.15, 0.2) is 5.13 Å². The number of rotatable bonds is 11. The van der Waals surface area contributed by atoms with E-state index in [1.54, 1.807) is 42.5 Å². The number of nitrogens with one attached hydrogen (secondary N) is 3. The molecule has 49 heavy (non-hydrogen) atoms. The smallest absolute Gasteiger partial charge is 0.272 e. The lowest BCUT2D eigenvalue weighted by Crippen LogP contribution is -2.30. The third kappa shape index (κ3) is 8.90. The number of hydrogen-bond donors (Lipinski definition) is 3. The summed E-state index contributed by atoms with van der Waals surface area (Å²) in [5.74, 6) is -0.511. The maximum atomic E-state index is 13.5. The summed E-state index contributed by atoms with van der Waals surface area (Å²) >= 11 is 2.73. The molecular formula is C40H34N4O3S2. The van der Waals surface area contributed by atoms with Crippen molar-refractivity contribution in [2.75, 3.05) is 16.4 Å². The molecule has 0 atom stereocenters. The molecule has 3 N–H and O–H groups in total. The second-order valence-corrected chi connectivity index (χ2v) is 13.5. The molecule has 6 aromatic rings. The van der Waals surface area contributed by atoms with Crippen molar-refractivity contribution in [1.82, 2.24) is 10.3 Å². The Balaban J connectivity index is 1.09. The van der Waals surface area contributed by atoms with Crippen LogP contribution >= 0.6 is 23.1 Å². The summed E-state index contributed by atoms with van der Waals surface area (Å²) in [5.41, 5.74) is 4.84. The van der Waals surface area contributed by atoms with E-state index in [1.807, 2.05) is 66.0 Å². The molecule has 0 bridgehead atoms. The van der Waals surface area contributed by atoms with E-state index in [1.165, 1.54) is 28.7 Å². The van der Waals surface area contributed by atoms with Crippen molar-refractivity contribution in [2.24, 2.45) is 0 Å². The van der Waals surface area contributed by atoms with Gasteiger partial charge in [-0.05, 0) is 70.3 Å². The van der Waals surface area contributed by atoms with Crippen LogP contribution in [-0.2, 0) is 9.59 Å². The SMILES string of the molecule is CC(C)c1ccc(/C=C(/NC(=O)c2ccccc2)C(=O)Nc2cccc(SCC(=O)Nc3nc(-c4ccc5ccccc5c4)cs3)c2)cc1. The lowest BCUT2D eigenvalue weighted by Gasteiger charge is -2.12. The number of fused-ring (bicyclic) bond motifs is 1. The van der Waals surface area contributed by atoms with Gasteiger partial charge in [0.25, 0.3) is 11.8 Å². The minimum absolute atomic E-state index is 0.107. The molecule has 0 fully saturated rings. The van der Waals surface area contributed by atoms with Crippen molar-refractivity contribution in [3.05, 3.63) is 149 Å². The Hall–Kier alpha value is -5.51. The van der Waals surface area contributed by atoms with Gasteiger partial charge in [-0.2, -0.15) is 0 Å². The molecule has 0 aliphatic carbocycles. The second-order valence-electron chi connectivity index (χ2n) is 11.6. The van der Waals surface area contributed by atoms with E-state index in [2.05, 4.69) is 59.0 Å². The van der Waals surface area contributed by atoms with Crippen molar-refractivity contribution < 1.29 is 14.4 Å².